The van der Waals surface area contributed by atoms with Crippen LogP contribution in [-0.2, 0) is 9.59 Å². The molecule has 1 atom stereocenters. The smallest absolute Gasteiger partial charge is 0.320 e. The Morgan fingerprint density at radius 1 is 1.36 bits per heavy atom. The zero-order chi connectivity index (χ0) is 8.15. The van der Waals surface area contributed by atoms with E-state index in [4.69, 9.17) is 15.9 Å². The summed E-state index contributed by atoms with van der Waals surface area (Å²) in [4.78, 5) is 19.9. The highest BCUT2D eigenvalue weighted by atomic mass is 16.4. The molecule has 0 amide bonds. The van der Waals surface area contributed by atoms with E-state index in [0.29, 0.717) is 0 Å². The van der Waals surface area contributed by atoms with Crippen LogP contribution in [0.1, 0.15) is 12.8 Å². The molecule has 0 aromatic carbocycles. The lowest BCUT2D eigenvalue weighted by Crippen LogP contribution is -2.30. The molecule has 0 aromatic heterocycles. The Balaban J connectivity index is 0. The number of hydrogen-bond acceptors (Lipinski definition) is 4. The van der Waals surface area contributed by atoms with Crippen LogP contribution in [0.5, 0.6) is 0 Å². The standard InChI is InChI=1S/C5H9NO4.H3N/c6-3(5(9)10)1-2-4(7)8;/h3H,1-2,6H2,(H,7,8)(H,9,10);1H3/t3-;/m0./s1. The number of nitrogens with two attached hydrogens (primary N) is 1. The van der Waals surface area contributed by atoms with E-state index >= 15 is 0 Å². The van der Waals surface area contributed by atoms with Crippen molar-refractivity contribution < 1.29 is 19.8 Å². The van der Waals surface area contributed by atoms with Gasteiger partial charge in [-0.2, -0.15) is 0 Å². The zero-order valence-electron chi connectivity index (χ0n) is 5.99. The van der Waals surface area contributed by atoms with Crippen molar-refractivity contribution in [2.45, 2.75) is 18.9 Å². The summed E-state index contributed by atoms with van der Waals surface area (Å²) in [7, 11) is 0. The van der Waals surface area contributed by atoms with Gasteiger partial charge in [0.25, 0.3) is 0 Å². The molecule has 0 radical (unpaired) electrons. The van der Waals surface area contributed by atoms with Crippen LogP contribution in [0.25, 0.3) is 0 Å². The van der Waals surface area contributed by atoms with Gasteiger partial charge in [-0.25, -0.2) is 0 Å². The third-order valence-corrected chi connectivity index (χ3v) is 0.986. The number of carboxylic acids is 2. The van der Waals surface area contributed by atoms with Crippen molar-refractivity contribution in [3.63, 3.8) is 0 Å². The number of carbonyl (C=O) groups is 2. The predicted molar refractivity (Wildman–Crippen MR) is 37.5 cm³/mol. The number of hydrogen-bond donors (Lipinski definition) is 4. The zero-order valence-corrected chi connectivity index (χ0v) is 5.99. The summed E-state index contributed by atoms with van der Waals surface area (Å²) in [5, 5.41) is 16.3. The monoisotopic (exact) mass is 164 g/mol. The molecule has 7 N–H and O–H groups in total. The lowest BCUT2D eigenvalue weighted by molar-refractivity contribution is -0.139. The van der Waals surface area contributed by atoms with Crippen molar-refractivity contribution in [3.05, 3.63) is 0 Å². The van der Waals surface area contributed by atoms with Gasteiger partial charge in [-0.15, -0.1) is 0 Å². The van der Waals surface area contributed by atoms with E-state index in [9.17, 15) is 9.59 Å². The molecule has 0 unspecified atom stereocenters. The van der Waals surface area contributed by atoms with Gasteiger partial charge in [-0.1, -0.05) is 0 Å². The molecule has 6 heteroatoms. The maximum atomic E-state index is 9.99. The van der Waals surface area contributed by atoms with Crippen molar-refractivity contribution in [3.8, 4) is 0 Å². The van der Waals surface area contributed by atoms with E-state index < -0.39 is 18.0 Å². The second kappa shape index (κ2) is 5.63. The Morgan fingerprint density at radius 3 is 2.09 bits per heavy atom. The molecular weight excluding hydrogens is 152 g/mol. The highest BCUT2D eigenvalue weighted by Gasteiger charge is 2.12. The van der Waals surface area contributed by atoms with Crippen molar-refractivity contribution >= 4 is 11.9 Å². The molecule has 0 aromatic rings. The average Bonchev–Trinajstić information content (AvgIpc) is 1.82. The van der Waals surface area contributed by atoms with Gasteiger partial charge in [0.1, 0.15) is 6.04 Å². The van der Waals surface area contributed by atoms with Gasteiger partial charge >= 0.3 is 11.9 Å². The number of carboxylic acid groups (broad SMARTS) is 2. The Morgan fingerprint density at radius 2 is 1.82 bits per heavy atom. The van der Waals surface area contributed by atoms with E-state index in [2.05, 4.69) is 0 Å². The molecule has 6 nitrogen and oxygen atoms in total. The molecule has 0 heterocycles. The normalized spacial score (nSPS) is 11.4. The van der Waals surface area contributed by atoms with E-state index in [-0.39, 0.29) is 19.0 Å². The van der Waals surface area contributed by atoms with Crippen molar-refractivity contribution in [1.82, 2.24) is 6.15 Å². The lowest BCUT2D eigenvalue weighted by atomic mass is 10.2. The molecule has 0 aliphatic carbocycles. The van der Waals surface area contributed by atoms with E-state index in [1.807, 2.05) is 0 Å². The minimum absolute atomic E-state index is 0. The van der Waals surface area contributed by atoms with Gasteiger partial charge < -0.3 is 22.1 Å². The summed E-state index contributed by atoms with van der Waals surface area (Å²) in [5.41, 5.74) is 5.00. The Bertz CT molecular complexity index is 147. The summed E-state index contributed by atoms with van der Waals surface area (Å²) in [6.07, 6.45) is -0.224. The molecule has 0 aliphatic heterocycles. The van der Waals surface area contributed by atoms with Crippen LogP contribution in [0.3, 0.4) is 0 Å². The lowest BCUT2D eigenvalue weighted by Gasteiger charge is -2.01. The quantitative estimate of drug-likeness (QED) is 0.439. The Kier molecular flexibility index (Phi) is 6.41. The van der Waals surface area contributed by atoms with Crippen molar-refractivity contribution in [2.24, 2.45) is 5.73 Å². The highest BCUT2D eigenvalue weighted by molar-refractivity contribution is 5.74. The second-order valence-electron chi connectivity index (χ2n) is 1.88. The molecule has 11 heavy (non-hydrogen) atoms. The van der Waals surface area contributed by atoms with Crippen LogP contribution in [0.4, 0.5) is 0 Å². The van der Waals surface area contributed by atoms with Crippen LogP contribution in [0.15, 0.2) is 0 Å². The SMILES string of the molecule is N.N[C@@H](CCC(=O)O)C(=O)O. The first-order valence-corrected chi connectivity index (χ1v) is 2.74. The molecule has 0 spiro atoms. The number of aliphatic carboxylic acids is 2. The molecule has 0 fully saturated rings. The summed E-state index contributed by atoms with van der Waals surface area (Å²) in [5.74, 6) is -2.20. The van der Waals surface area contributed by atoms with Gasteiger partial charge in [0.15, 0.2) is 0 Å². The largest absolute Gasteiger partial charge is 0.481 e. The van der Waals surface area contributed by atoms with Crippen LogP contribution in [0.2, 0.25) is 0 Å². The summed E-state index contributed by atoms with van der Waals surface area (Å²) in [6.45, 7) is 0. The van der Waals surface area contributed by atoms with Crippen molar-refractivity contribution in [2.75, 3.05) is 0 Å². The van der Waals surface area contributed by atoms with Gasteiger partial charge in [0.05, 0.1) is 0 Å². The minimum atomic E-state index is -1.17. The maximum Gasteiger partial charge on any atom is 0.320 e. The van der Waals surface area contributed by atoms with Crippen molar-refractivity contribution in [1.29, 1.82) is 0 Å². The first-order chi connectivity index (χ1) is 4.54. The fraction of sp³-hybridized carbons (Fsp3) is 0.600. The Hall–Kier alpha value is -1.14. The molecule has 0 saturated heterocycles. The fourth-order valence-corrected chi connectivity index (χ4v) is 0.402. The van der Waals surface area contributed by atoms with Gasteiger partial charge in [0.2, 0.25) is 0 Å². The highest BCUT2D eigenvalue weighted by Crippen LogP contribution is 1.93. The Labute approximate surface area is 63.6 Å². The van der Waals surface area contributed by atoms with Gasteiger partial charge in [-0.05, 0) is 6.42 Å². The maximum absolute atomic E-state index is 9.99. The fourth-order valence-electron chi connectivity index (χ4n) is 0.402. The van der Waals surface area contributed by atoms with Crippen LogP contribution < -0.4 is 11.9 Å². The summed E-state index contributed by atoms with van der Waals surface area (Å²) in [6, 6.07) is -1.06. The molecular formula is C5H12N2O4. The first-order valence-electron chi connectivity index (χ1n) is 2.74. The van der Waals surface area contributed by atoms with Gasteiger partial charge in [-0.3, -0.25) is 9.59 Å². The molecule has 0 saturated carbocycles. The van der Waals surface area contributed by atoms with Crippen LogP contribution in [0, 0.1) is 0 Å². The topological polar surface area (TPSA) is 136 Å². The van der Waals surface area contributed by atoms with Crippen LogP contribution in [-0.4, -0.2) is 28.2 Å². The van der Waals surface area contributed by atoms with E-state index in [1.54, 1.807) is 0 Å². The van der Waals surface area contributed by atoms with E-state index in [1.165, 1.54) is 0 Å². The van der Waals surface area contributed by atoms with Gasteiger partial charge in [0, 0.05) is 6.42 Å². The first kappa shape index (κ1) is 12.5. The third-order valence-electron chi connectivity index (χ3n) is 0.986. The minimum Gasteiger partial charge on any atom is -0.481 e. The second-order valence-corrected chi connectivity index (χ2v) is 1.88. The predicted octanol–water partition coefficient (Wildman–Crippen LogP) is -0.575. The molecule has 66 valence electrons. The third kappa shape index (κ3) is 6.75. The molecule has 0 aliphatic rings. The van der Waals surface area contributed by atoms with Crippen LogP contribution >= 0.6 is 0 Å². The summed E-state index contributed by atoms with van der Waals surface area (Å²) >= 11 is 0. The van der Waals surface area contributed by atoms with E-state index in [0.717, 1.165) is 0 Å². The summed E-state index contributed by atoms with van der Waals surface area (Å²) < 4.78 is 0. The molecule has 0 bridgehead atoms. The number of rotatable bonds is 4. The average molecular weight is 164 g/mol. The molecule has 0 rings (SSSR count).